The molecule has 20 heavy (non-hydrogen) atoms. The van der Waals surface area contributed by atoms with E-state index in [1.165, 1.54) is 0 Å². The summed E-state index contributed by atoms with van der Waals surface area (Å²) in [5, 5.41) is 0. The molecule has 0 saturated heterocycles. The number of aromatic nitrogens is 1. The van der Waals surface area contributed by atoms with Crippen LogP contribution in [0.4, 0.5) is 0 Å². The number of nitrogens with one attached hydrogen (secondary N) is 1. The first-order chi connectivity index (χ1) is 9.65. The highest BCUT2D eigenvalue weighted by molar-refractivity contribution is 9.11. The Morgan fingerprint density at radius 1 is 1.30 bits per heavy atom. The predicted octanol–water partition coefficient (Wildman–Crippen LogP) is 3.56. The van der Waals surface area contributed by atoms with Crippen molar-refractivity contribution in [2.75, 3.05) is 6.61 Å². The number of rotatable bonds is 5. The molecule has 0 saturated carbocycles. The third-order valence-electron chi connectivity index (χ3n) is 2.80. The minimum atomic E-state index is -0.187. The molecule has 3 N–H and O–H groups in total. The van der Waals surface area contributed by atoms with Crippen LogP contribution in [0.5, 0.6) is 5.75 Å². The van der Waals surface area contributed by atoms with E-state index >= 15 is 0 Å². The number of halogens is 2. The minimum absolute atomic E-state index is 0.187. The molecule has 0 bridgehead atoms. The van der Waals surface area contributed by atoms with Crippen molar-refractivity contribution in [2.45, 2.75) is 13.0 Å². The Balaban J connectivity index is 2.31. The fourth-order valence-electron chi connectivity index (χ4n) is 1.89. The summed E-state index contributed by atoms with van der Waals surface area (Å²) < 4.78 is 7.24. The summed E-state index contributed by atoms with van der Waals surface area (Å²) in [6.07, 6.45) is 1.75. The summed E-state index contributed by atoms with van der Waals surface area (Å²) in [6.45, 7) is 2.61. The van der Waals surface area contributed by atoms with Gasteiger partial charge in [-0.25, -0.2) is 5.43 Å². The molecule has 0 amide bonds. The molecular formula is C14H15Br2N3O. The summed E-state index contributed by atoms with van der Waals surface area (Å²) in [5.74, 6) is 6.53. The molecule has 6 heteroatoms. The first-order valence-electron chi connectivity index (χ1n) is 6.15. The molecule has 0 aliphatic rings. The second-order valence-corrected chi connectivity index (χ2v) is 5.89. The maximum Gasteiger partial charge on any atom is 0.119 e. The number of hydrogen-bond acceptors (Lipinski definition) is 4. The van der Waals surface area contributed by atoms with E-state index in [-0.39, 0.29) is 6.04 Å². The highest BCUT2D eigenvalue weighted by Gasteiger charge is 2.17. The van der Waals surface area contributed by atoms with Gasteiger partial charge in [-0.05, 0) is 62.5 Å². The van der Waals surface area contributed by atoms with Crippen LogP contribution >= 0.6 is 31.9 Å². The van der Waals surface area contributed by atoms with Gasteiger partial charge in [0.1, 0.15) is 5.75 Å². The van der Waals surface area contributed by atoms with Gasteiger partial charge in [0.15, 0.2) is 0 Å². The lowest BCUT2D eigenvalue weighted by atomic mass is 10.0. The Morgan fingerprint density at radius 2 is 2.00 bits per heavy atom. The van der Waals surface area contributed by atoms with E-state index in [1.807, 2.05) is 37.3 Å². The second kappa shape index (κ2) is 7.17. The molecule has 1 aromatic carbocycles. The van der Waals surface area contributed by atoms with Crippen molar-refractivity contribution in [3.05, 3.63) is 56.7 Å². The van der Waals surface area contributed by atoms with Crippen molar-refractivity contribution >= 4 is 31.9 Å². The molecule has 4 nitrogen and oxygen atoms in total. The lowest BCUT2D eigenvalue weighted by Crippen LogP contribution is -2.29. The molecule has 1 atom stereocenters. The van der Waals surface area contributed by atoms with E-state index < -0.39 is 0 Å². The fourth-order valence-corrected chi connectivity index (χ4v) is 3.11. The Hall–Kier alpha value is -0.950. The Kier molecular flexibility index (Phi) is 5.54. The van der Waals surface area contributed by atoms with Crippen molar-refractivity contribution in [1.29, 1.82) is 0 Å². The van der Waals surface area contributed by atoms with Crippen LogP contribution in [0.1, 0.15) is 24.2 Å². The number of pyridine rings is 1. The molecule has 0 aliphatic carbocycles. The van der Waals surface area contributed by atoms with Gasteiger partial charge < -0.3 is 4.74 Å². The van der Waals surface area contributed by atoms with E-state index in [2.05, 4.69) is 42.3 Å². The van der Waals surface area contributed by atoms with Gasteiger partial charge in [-0.15, -0.1) is 0 Å². The van der Waals surface area contributed by atoms with Gasteiger partial charge in [-0.1, -0.05) is 12.1 Å². The molecular weight excluding hydrogens is 386 g/mol. The van der Waals surface area contributed by atoms with Gasteiger partial charge in [0.25, 0.3) is 0 Å². The van der Waals surface area contributed by atoms with Gasteiger partial charge in [0.05, 0.1) is 18.3 Å². The summed E-state index contributed by atoms with van der Waals surface area (Å²) in [7, 11) is 0. The van der Waals surface area contributed by atoms with E-state index in [0.29, 0.717) is 6.61 Å². The molecule has 2 aromatic rings. The standard InChI is InChI=1S/C14H15Br2N3O/c1-2-20-11-5-3-9(4-6-11)13(19-17)14-12(16)7-10(15)8-18-14/h3-8,13,19H,2,17H2,1H3. The molecule has 1 aromatic heterocycles. The Labute approximate surface area is 135 Å². The van der Waals surface area contributed by atoms with Crippen molar-refractivity contribution in [3.8, 4) is 5.75 Å². The first-order valence-corrected chi connectivity index (χ1v) is 7.74. The number of ether oxygens (including phenoxy) is 1. The third kappa shape index (κ3) is 3.58. The van der Waals surface area contributed by atoms with Crippen LogP contribution in [0, 0.1) is 0 Å². The van der Waals surface area contributed by atoms with Gasteiger partial charge in [0, 0.05) is 15.1 Å². The zero-order valence-electron chi connectivity index (χ0n) is 10.9. The van der Waals surface area contributed by atoms with Gasteiger partial charge in [-0.2, -0.15) is 0 Å². The van der Waals surface area contributed by atoms with E-state index in [9.17, 15) is 0 Å². The van der Waals surface area contributed by atoms with Gasteiger partial charge >= 0.3 is 0 Å². The second-order valence-electron chi connectivity index (χ2n) is 4.12. The van der Waals surface area contributed by atoms with Crippen LogP contribution in [0.15, 0.2) is 45.5 Å². The largest absolute Gasteiger partial charge is 0.494 e. The summed E-state index contributed by atoms with van der Waals surface area (Å²) in [6, 6.07) is 9.57. The van der Waals surface area contributed by atoms with Crippen LogP contribution in [-0.2, 0) is 0 Å². The molecule has 2 rings (SSSR count). The molecule has 1 unspecified atom stereocenters. The van der Waals surface area contributed by atoms with Gasteiger partial charge in [0.2, 0.25) is 0 Å². The SMILES string of the molecule is CCOc1ccc(C(NN)c2ncc(Br)cc2Br)cc1. The maximum atomic E-state index is 5.69. The summed E-state index contributed by atoms with van der Waals surface area (Å²) in [5.41, 5.74) is 4.65. The van der Waals surface area contributed by atoms with Gasteiger partial charge in [-0.3, -0.25) is 10.8 Å². The van der Waals surface area contributed by atoms with E-state index in [1.54, 1.807) is 6.20 Å². The van der Waals surface area contributed by atoms with Crippen molar-refractivity contribution in [1.82, 2.24) is 10.4 Å². The fraction of sp³-hybridized carbons (Fsp3) is 0.214. The van der Waals surface area contributed by atoms with Crippen molar-refractivity contribution in [2.24, 2.45) is 5.84 Å². The first kappa shape index (κ1) is 15.4. The zero-order chi connectivity index (χ0) is 14.5. The lowest BCUT2D eigenvalue weighted by molar-refractivity contribution is 0.340. The summed E-state index contributed by atoms with van der Waals surface area (Å²) >= 11 is 6.90. The third-order valence-corrected chi connectivity index (χ3v) is 3.87. The predicted molar refractivity (Wildman–Crippen MR) is 86.4 cm³/mol. The molecule has 106 valence electrons. The highest BCUT2D eigenvalue weighted by atomic mass is 79.9. The van der Waals surface area contributed by atoms with Crippen LogP contribution in [-0.4, -0.2) is 11.6 Å². The van der Waals surface area contributed by atoms with Crippen molar-refractivity contribution in [3.63, 3.8) is 0 Å². The number of hydrazine groups is 1. The molecule has 0 radical (unpaired) electrons. The van der Waals surface area contributed by atoms with Crippen molar-refractivity contribution < 1.29 is 4.74 Å². The number of nitrogens with zero attached hydrogens (tertiary/aromatic N) is 1. The normalized spacial score (nSPS) is 12.2. The Morgan fingerprint density at radius 3 is 2.55 bits per heavy atom. The maximum absolute atomic E-state index is 5.69. The van der Waals surface area contributed by atoms with E-state index in [0.717, 1.165) is 26.0 Å². The van der Waals surface area contributed by atoms with Crippen LogP contribution < -0.4 is 16.0 Å². The van der Waals surface area contributed by atoms with Crippen LogP contribution in [0.3, 0.4) is 0 Å². The smallest absolute Gasteiger partial charge is 0.119 e. The molecule has 0 aliphatic heterocycles. The Bertz CT molecular complexity index is 575. The number of hydrogen-bond donors (Lipinski definition) is 2. The molecule has 0 spiro atoms. The number of nitrogens with two attached hydrogens (primary N) is 1. The molecule has 1 heterocycles. The monoisotopic (exact) mass is 399 g/mol. The van der Waals surface area contributed by atoms with E-state index in [4.69, 9.17) is 10.6 Å². The quantitative estimate of drug-likeness (QED) is 0.595. The highest BCUT2D eigenvalue weighted by Crippen LogP contribution is 2.29. The summed E-state index contributed by atoms with van der Waals surface area (Å²) in [4.78, 5) is 4.42. The van der Waals surface area contributed by atoms with Crippen LogP contribution in [0.25, 0.3) is 0 Å². The minimum Gasteiger partial charge on any atom is -0.494 e. The lowest BCUT2D eigenvalue weighted by Gasteiger charge is -2.17. The number of benzene rings is 1. The topological polar surface area (TPSA) is 60.2 Å². The average molecular weight is 401 g/mol. The average Bonchev–Trinajstić information content (AvgIpc) is 2.44. The molecule has 0 fully saturated rings. The zero-order valence-corrected chi connectivity index (χ0v) is 14.1. The van der Waals surface area contributed by atoms with Crippen LogP contribution in [0.2, 0.25) is 0 Å².